The average Bonchev–Trinajstić information content (AvgIpc) is 3.01. The van der Waals surface area contributed by atoms with E-state index in [1.54, 1.807) is 0 Å². The van der Waals surface area contributed by atoms with Crippen LogP contribution >= 0.6 is 0 Å². The highest BCUT2D eigenvalue weighted by Crippen LogP contribution is 2.48. The first-order valence-electron chi connectivity index (χ1n) is 8.31. The van der Waals surface area contributed by atoms with E-state index in [1.165, 1.54) is 0 Å². The van der Waals surface area contributed by atoms with Crippen LogP contribution in [0, 0.1) is 31.6 Å². The third kappa shape index (κ3) is 2.39. The van der Waals surface area contributed by atoms with Crippen LogP contribution in [0.25, 0.3) is 10.9 Å². The van der Waals surface area contributed by atoms with Crippen molar-refractivity contribution in [2.75, 3.05) is 13.1 Å². The van der Waals surface area contributed by atoms with Crippen molar-refractivity contribution < 1.29 is 4.79 Å². The summed E-state index contributed by atoms with van der Waals surface area (Å²) in [6.45, 7) is 7.93. The third-order valence-corrected chi connectivity index (χ3v) is 5.23. The Labute approximate surface area is 135 Å². The lowest BCUT2D eigenvalue weighted by molar-refractivity contribution is -0.123. The van der Waals surface area contributed by atoms with E-state index in [0.717, 1.165) is 41.1 Å². The summed E-state index contributed by atoms with van der Waals surface area (Å²) < 4.78 is 0. The molecule has 2 heterocycles. The zero-order chi connectivity index (χ0) is 16.1. The molecule has 1 aromatic carbocycles. The van der Waals surface area contributed by atoms with Crippen molar-refractivity contribution in [3.05, 3.63) is 35.3 Å². The van der Waals surface area contributed by atoms with Crippen LogP contribution in [0.2, 0.25) is 0 Å². The number of carbonyl (C=O) groups is 1. The predicted octanol–water partition coefficient (Wildman–Crippen LogP) is 1.89. The fraction of sp³-hybridized carbons (Fsp3) is 0.500. The molecule has 2 aliphatic rings. The number of rotatable bonds is 3. The topological polar surface area (TPSA) is 66.9 Å². The van der Waals surface area contributed by atoms with Crippen LogP contribution in [-0.2, 0) is 4.79 Å². The monoisotopic (exact) mass is 310 g/mol. The van der Waals surface area contributed by atoms with Gasteiger partial charge in [-0.05, 0) is 51.3 Å². The minimum atomic E-state index is -0.109. The quantitative estimate of drug-likeness (QED) is 0.908. The molecule has 1 aliphatic carbocycles. The Morgan fingerprint density at radius 2 is 2.00 bits per heavy atom. The van der Waals surface area contributed by atoms with E-state index >= 15 is 0 Å². The summed E-state index contributed by atoms with van der Waals surface area (Å²) in [5.41, 5.74) is 3.02. The van der Waals surface area contributed by atoms with Crippen LogP contribution < -0.4 is 10.6 Å². The van der Waals surface area contributed by atoms with Gasteiger partial charge in [-0.1, -0.05) is 18.2 Å². The second-order valence-corrected chi connectivity index (χ2v) is 6.87. The van der Waals surface area contributed by atoms with Gasteiger partial charge in [0, 0.05) is 11.3 Å². The Morgan fingerprint density at radius 3 is 2.74 bits per heavy atom. The molecule has 2 aromatic rings. The number of aryl methyl sites for hydroxylation is 2. The minimum Gasteiger partial charge on any atom is -0.348 e. The SMILES string of the molecule is Cc1nc(C(C)NC(=O)C2C3CNCC32)c2cccc(C)c2n1. The van der Waals surface area contributed by atoms with Crippen LogP contribution in [0.1, 0.15) is 30.0 Å². The molecule has 2 N–H and O–H groups in total. The van der Waals surface area contributed by atoms with Gasteiger partial charge in [0.1, 0.15) is 5.82 Å². The van der Waals surface area contributed by atoms with Gasteiger partial charge in [0.25, 0.3) is 0 Å². The molecule has 3 atom stereocenters. The van der Waals surface area contributed by atoms with E-state index in [2.05, 4.69) is 33.6 Å². The van der Waals surface area contributed by atoms with Crippen LogP contribution in [0.4, 0.5) is 0 Å². The highest BCUT2D eigenvalue weighted by molar-refractivity contribution is 5.86. The summed E-state index contributed by atoms with van der Waals surface area (Å²) in [7, 11) is 0. The van der Waals surface area contributed by atoms with Gasteiger partial charge in [-0.25, -0.2) is 9.97 Å². The van der Waals surface area contributed by atoms with Crippen molar-refractivity contribution in [3.63, 3.8) is 0 Å². The molecule has 1 amide bonds. The fourth-order valence-electron chi connectivity index (χ4n) is 3.95. The van der Waals surface area contributed by atoms with Gasteiger partial charge in [-0.2, -0.15) is 0 Å². The Kier molecular flexibility index (Phi) is 3.34. The molecule has 1 aliphatic heterocycles. The molecule has 5 heteroatoms. The van der Waals surface area contributed by atoms with E-state index in [9.17, 15) is 4.79 Å². The molecule has 1 saturated carbocycles. The second-order valence-electron chi connectivity index (χ2n) is 6.87. The number of nitrogens with zero attached hydrogens (tertiary/aromatic N) is 2. The number of piperidine rings is 1. The van der Waals surface area contributed by atoms with Crippen LogP contribution in [0.3, 0.4) is 0 Å². The van der Waals surface area contributed by atoms with Gasteiger partial charge < -0.3 is 10.6 Å². The molecule has 2 fully saturated rings. The average molecular weight is 310 g/mol. The summed E-state index contributed by atoms with van der Waals surface area (Å²) in [6.07, 6.45) is 0. The van der Waals surface area contributed by atoms with Crippen LogP contribution in [0.5, 0.6) is 0 Å². The Balaban J connectivity index is 1.61. The molecule has 0 radical (unpaired) electrons. The lowest BCUT2D eigenvalue weighted by Crippen LogP contribution is -2.32. The van der Waals surface area contributed by atoms with Crippen molar-refractivity contribution in [2.45, 2.75) is 26.8 Å². The van der Waals surface area contributed by atoms with Crippen molar-refractivity contribution in [3.8, 4) is 0 Å². The van der Waals surface area contributed by atoms with Gasteiger partial charge in [0.15, 0.2) is 0 Å². The standard InChI is InChI=1S/C18H22N4O/c1-9-5-4-6-12-16(9)21-11(3)22-17(12)10(2)20-18(23)15-13-7-19-8-14(13)15/h4-6,10,13-15,19H,7-8H2,1-3H3,(H,20,23). The zero-order valence-electron chi connectivity index (χ0n) is 13.8. The maximum absolute atomic E-state index is 12.5. The first-order chi connectivity index (χ1) is 11.1. The summed E-state index contributed by atoms with van der Waals surface area (Å²) in [4.78, 5) is 21.7. The molecule has 1 aromatic heterocycles. The number of aromatic nitrogens is 2. The Hall–Kier alpha value is -2.01. The normalized spacial score (nSPS) is 26.8. The predicted molar refractivity (Wildman–Crippen MR) is 88.9 cm³/mol. The number of fused-ring (bicyclic) bond motifs is 2. The smallest absolute Gasteiger partial charge is 0.224 e. The highest BCUT2D eigenvalue weighted by atomic mass is 16.2. The van der Waals surface area contributed by atoms with Gasteiger partial charge in [-0.15, -0.1) is 0 Å². The summed E-state index contributed by atoms with van der Waals surface area (Å²) in [6, 6.07) is 6.00. The maximum atomic E-state index is 12.5. The number of benzene rings is 1. The lowest BCUT2D eigenvalue weighted by atomic mass is 10.1. The molecule has 120 valence electrons. The maximum Gasteiger partial charge on any atom is 0.224 e. The van der Waals surface area contributed by atoms with E-state index in [0.29, 0.717) is 11.8 Å². The van der Waals surface area contributed by atoms with Gasteiger partial charge >= 0.3 is 0 Å². The first-order valence-corrected chi connectivity index (χ1v) is 8.31. The number of hydrogen-bond acceptors (Lipinski definition) is 4. The molecule has 23 heavy (non-hydrogen) atoms. The van der Waals surface area contributed by atoms with Gasteiger partial charge in [-0.3, -0.25) is 4.79 Å². The van der Waals surface area contributed by atoms with Gasteiger partial charge in [0.2, 0.25) is 5.91 Å². The van der Waals surface area contributed by atoms with Crippen molar-refractivity contribution >= 4 is 16.8 Å². The van der Waals surface area contributed by atoms with Crippen molar-refractivity contribution in [1.29, 1.82) is 0 Å². The molecular formula is C18H22N4O. The molecule has 5 nitrogen and oxygen atoms in total. The van der Waals surface area contributed by atoms with E-state index in [1.807, 2.05) is 26.0 Å². The largest absolute Gasteiger partial charge is 0.348 e. The lowest BCUT2D eigenvalue weighted by Gasteiger charge is -2.17. The highest BCUT2D eigenvalue weighted by Gasteiger charge is 2.56. The number of hydrogen-bond donors (Lipinski definition) is 2. The molecule has 1 saturated heterocycles. The van der Waals surface area contributed by atoms with Crippen molar-refractivity contribution in [1.82, 2.24) is 20.6 Å². The first kappa shape index (κ1) is 14.6. The van der Waals surface area contributed by atoms with E-state index < -0.39 is 0 Å². The molecule has 4 rings (SSSR count). The summed E-state index contributed by atoms with van der Waals surface area (Å²) in [5, 5.41) is 7.53. The van der Waals surface area contributed by atoms with E-state index in [4.69, 9.17) is 0 Å². The molecule has 0 spiro atoms. The Morgan fingerprint density at radius 1 is 1.26 bits per heavy atom. The Bertz CT molecular complexity index is 778. The third-order valence-electron chi connectivity index (χ3n) is 5.23. The van der Waals surface area contributed by atoms with Crippen molar-refractivity contribution in [2.24, 2.45) is 17.8 Å². The number of nitrogens with one attached hydrogen (secondary N) is 2. The molecule has 3 unspecified atom stereocenters. The summed E-state index contributed by atoms with van der Waals surface area (Å²) >= 11 is 0. The zero-order valence-corrected chi connectivity index (χ0v) is 13.8. The molecule has 0 bridgehead atoms. The minimum absolute atomic E-state index is 0.109. The number of para-hydroxylation sites is 1. The number of carbonyl (C=O) groups excluding carboxylic acids is 1. The second kappa shape index (κ2) is 5.27. The number of amides is 1. The fourth-order valence-corrected chi connectivity index (χ4v) is 3.95. The summed E-state index contributed by atoms with van der Waals surface area (Å²) in [5.74, 6) is 2.18. The molecular weight excluding hydrogens is 288 g/mol. The van der Waals surface area contributed by atoms with Gasteiger partial charge in [0.05, 0.1) is 17.3 Å². The van der Waals surface area contributed by atoms with Crippen LogP contribution in [0.15, 0.2) is 18.2 Å². The van der Waals surface area contributed by atoms with E-state index in [-0.39, 0.29) is 17.9 Å². The van der Waals surface area contributed by atoms with Crippen LogP contribution in [-0.4, -0.2) is 29.0 Å².